The van der Waals surface area contributed by atoms with Crippen LogP contribution in [0, 0.1) is 118 Å². The van der Waals surface area contributed by atoms with Crippen LogP contribution in [0.5, 0.6) is 11.5 Å². The smallest absolute Gasteiger partial charge is 0.385 e. The lowest BCUT2D eigenvalue weighted by Gasteiger charge is -2.11. The van der Waals surface area contributed by atoms with Gasteiger partial charge in [0.25, 0.3) is 0 Å². The lowest BCUT2D eigenvalue weighted by molar-refractivity contribution is -0.137. The second-order valence-electron chi connectivity index (χ2n) is 9.33. The van der Waals surface area contributed by atoms with E-state index in [1.807, 2.05) is 60.7 Å². The number of carbonyl (C=O) groups excluding carboxylic acids is 1. The van der Waals surface area contributed by atoms with E-state index in [4.69, 9.17) is 9.47 Å². The van der Waals surface area contributed by atoms with Crippen LogP contribution in [0.1, 0.15) is 6.92 Å². The van der Waals surface area contributed by atoms with Crippen molar-refractivity contribution in [3.05, 3.63) is 78.9 Å². The van der Waals surface area contributed by atoms with E-state index in [1.54, 1.807) is 19.1 Å². The average Bonchev–Trinajstić information content (AvgIpc) is 3.18. The third-order valence-corrected chi connectivity index (χ3v) is 5.85. The lowest BCUT2D eigenvalue weighted by Crippen LogP contribution is -2.10. The van der Waals surface area contributed by atoms with E-state index in [1.165, 1.54) is 6.07 Å². The summed E-state index contributed by atoms with van der Waals surface area (Å²) < 4.78 is 10.7. The van der Waals surface area contributed by atoms with Crippen molar-refractivity contribution in [2.45, 2.75) is 6.92 Å². The van der Waals surface area contributed by atoms with Gasteiger partial charge in [-0.05, 0) is 114 Å². The quantitative estimate of drug-likeness (QED) is 0.134. The molecule has 0 aliphatic carbocycles. The van der Waals surface area contributed by atoms with Crippen LogP contribution in [0.3, 0.4) is 0 Å². The van der Waals surface area contributed by atoms with Gasteiger partial charge in [-0.15, -0.1) is 0 Å². The Morgan fingerprint density at radius 2 is 1.00 bits per heavy atom. The van der Waals surface area contributed by atoms with E-state index >= 15 is 0 Å². The minimum atomic E-state index is -0.786. The van der Waals surface area contributed by atoms with Gasteiger partial charge in [0.05, 0.1) is 5.56 Å². The summed E-state index contributed by atoms with van der Waals surface area (Å²) in [5.74, 6) is 50.3. The maximum Gasteiger partial charge on any atom is 0.385 e. The van der Waals surface area contributed by atoms with Gasteiger partial charge in [-0.1, -0.05) is 66.6 Å². The summed E-state index contributed by atoms with van der Waals surface area (Å²) in [7, 11) is 0. The maximum atomic E-state index is 11.9. The van der Waals surface area contributed by atoms with Gasteiger partial charge >= 0.3 is 5.97 Å². The Balaban J connectivity index is 1.24. The zero-order valence-electron chi connectivity index (χ0n) is 27.4. The van der Waals surface area contributed by atoms with Crippen LogP contribution in [0.2, 0.25) is 0 Å². The first-order valence-corrected chi connectivity index (χ1v) is 15.1. The molecule has 52 heavy (non-hydrogen) atoms. The summed E-state index contributed by atoms with van der Waals surface area (Å²) in [6, 6.07) is 23.8. The number of ether oxygens (including phenoxy) is 2. The SMILES string of the molecule is CC#CC#CC#CC#CC#CC#CC#CC#CC#CC#CC(=O)OCCOc1ccc(-c2nc(-c3ccccc3)nc(-c3ccccc3)n2)c(O)c1. The predicted molar refractivity (Wildman–Crippen MR) is 198 cm³/mol. The highest BCUT2D eigenvalue weighted by Crippen LogP contribution is 2.32. The Labute approximate surface area is 302 Å². The van der Waals surface area contributed by atoms with Crippen molar-refractivity contribution in [1.29, 1.82) is 0 Å². The molecule has 240 valence electrons. The molecule has 0 amide bonds. The Morgan fingerprint density at radius 1 is 0.558 bits per heavy atom. The van der Waals surface area contributed by atoms with Crippen LogP contribution in [0.15, 0.2) is 78.9 Å². The van der Waals surface area contributed by atoms with E-state index in [0.717, 1.165) is 11.1 Å². The topological polar surface area (TPSA) is 94.4 Å². The molecule has 1 heterocycles. The molecule has 0 aliphatic heterocycles. The van der Waals surface area contributed by atoms with Gasteiger partial charge in [0.15, 0.2) is 17.5 Å². The van der Waals surface area contributed by atoms with Crippen molar-refractivity contribution in [3.63, 3.8) is 0 Å². The molecule has 0 bridgehead atoms. The molecule has 3 aromatic carbocycles. The number of nitrogens with zero attached hydrogens (tertiary/aromatic N) is 3. The number of phenolic OH excluding ortho intramolecular Hbond substituents is 1. The second-order valence-corrected chi connectivity index (χ2v) is 9.33. The van der Waals surface area contributed by atoms with Crippen LogP contribution in [0.4, 0.5) is 0 Å². The van der Waals surface area contributed by atoms with Crippen molar-refractivity contribution in [2.24, 2.45) is 0 Å². The third kappa shape index (κ3) is 12.9. The molecule has 0 saturated heterocycles. The van der Waals surface area contributed by atoms with Gasteiger partial charge in [0, 0.05) is 35.0 Å². The van der Waals surface area contributed by atoms with Gasteiger partial charge in [0.2, 0.25) is 0 Å². The Bertz CT molecular complexity index is 2560. The molecule has 0 saturated carbocycles. The number of aromatic hydroxyl groups is 1. The predicted octanol–water partition coefficient (Wildman–Crippen LogP) is 4.55. The largest absolute Gasteiger partial charge is 0.507 e. The van der Waals surface area contributed by atoms with Gasteiger partial charge in [-0.25, -0.2) is 19.7 Å². The van der Waals surface area contributed by atoms with E-state index in [2.05, 4.69) is 133 Å². The minimum Gasteiger partial charge on any atom is -0.507 e. The van der Waals surface area contributed by atoms with Crippen LogP contribution in [-0.4, -0.2) is 39.2 Å². The number of hydrogen-bond acceptors (Lipinski definition) is 7. The van der Waals surface area contributed by atoms with Crippen molar-refractivity contribution in [3.8, 4) is 164 Å². The summed E-state index contributed by atoms with van der Waals surface area (Å²) >= 11 is 0. The van der Waals surface area contributed by atoms with Crippen LogP contribution in [0.25, 0.3) is 34.2 Å². The molecular formula is C45H21N3O4. The highest BCUT2D eigenvalue weighted by molar-refractivity contribution is 5.89. The molecule has 0 aliphatic rings. The van der Waals surface area contributed by atoms with Crippen LogP contribution >= 0.6 is 0 Å². The molecule has 0 fully saturated rings. The number of aromatic nitrogens is 3. The van der Waals surface area contributed by atoms with Gasteiger partial charge in [-0.2, -0.15) is 0 Å². The highest BCUT2D eigenvalue weighted by atomic mass is 16.6. The summed E-state index contributed by atoms with van der Waals surface area (Å²) in [4.78, 5) is 25.8. The molecule has 0 radical (unpaired) electrons. The van der Waals surface area contributed by atoms with E-state index in [-0.39, 0.29) is 19.0 Å². The lowest BCUT2D eigenvalue weighted by atomic mass is 10.1. The van der Waals surface area contributed by atoms with E-state index in [0.29, 0.717) is 28.8 Å². The average molecular weight is 668 g/mol. The molecule has 1 N–H and O–H groups in total. The molecule has 4 aromatic rings. The zero-order valence-corrected chi connectivity index (χ0v) is 27.4. The molecule has 1 aromatic heterocycles. The number of phenols is 1. The normalized spacial score (nSPS) is 8.02. The molecule has 7 nitrogen and oxygen atoms in total. The fourth-order valence-corrected chi connectivity index (χ4v) is 3.69. The molecule has 4 rings (SSSR count). The van der Waals surface area contributed by atoms with Crippen molar-refractivity contribution in [1.82, 2.24) is 15.0 Å². The first-order chi connectivity index (χ1) is 25.6. The Kier molecular flexibility index (Phi) is 14.8. The van der Waals surface area contributed by atoms with Crippen LogP contribution < -0.4 is 4.74 Å². The summed E-state index contributed by atoms with van der Waals surface area (Å²) in [5.41, 5.74) is 2.02. The molecule has 0 atom stereocenters. The number of hydrogen-bond donors (Lipinski definition) is 1. The third-order valence-electron chi connectivity index (χ3n) is 5.85. The van der Waals surface area contributed by atoms with E-state index < -0.39 is 5.97 Å². The first kappa shape index (κ1) is 36.2. The van der Waals surface area contributed by atoms with Gasteiger partial charge in [-0.3, -0.25) is 0 Å². The Hall–Kier alpha value is -8.66. The van der Waals surface area contributed by atoms with Crippen LogP contribution in [-0.2, 0) is 9.53 Å². The van der Waals surface area contributed by atoms with Crippen molar-refractivity contribution in [2.75, 3.05) is 13.2 Å². The minimum absolute atomic E-state index is 0.0197. The first-order valence-electron chi connectivity index (χ1n) is 15.1. The number of carbonyl (C=O) groups is 1. The number of rotatable bonds is 7. The number of benzene rings is 3. The fraction of sp³-hybridized carbons (Fsp3) is 0.0667. The van der Waals surface area contributed by atoms with Gasteiger partial charge < -0.3 is 14.6 Å². The second kappa shape index (κ2) is 21.3. The molecular weight excluding hydrogens is 647 g/mol. The standard InChI is InChI=1S/C45H21N3O4/c1-2-3-4-5-6-7-8-9-10-11-12-13-14-15-16-17-18-19-26-31-42(50)52-35-34-51-39-32-33-40(41(49)36-39)45-47-43(37-27-22-20-23-28-37)46-44(48-45)38-29-24-21-25-30-38/h20-25,27-30,32-33,36,49H,34-35H2,1H3. The monoisotopic (exact) mass is 667 g/mol. The summed E-state index contributed by atoms with van der Waals surface area (Å²) in [6.07, 6.45) is 0. The van der Waals surface area contributed by atoms with Crippen molar-refractivity contribution >= 4 is 5.97 Å². The molecule has 7 heteroatoms. The fourth-order valence-electron chi connectivity index (χ4n) is 3.69. The summed E-state index contributed by atoms with van der Waals surface area (Å²) in [5, 5.41) is 10.9. The highest BCUT2D eigenvalue weighted by Gasteiger charge is 2.15. The summed E-state index contributed by atoms with van der Waals surface area (Å²) in [6.45, 7) is 1.62. The molecule has 0 unspecified atom stereocenters. The molecule has 0 spiro atoms. The van der Waals surface area contributed by atoms with E-state index in [9.17, 15) is 9.90 Å². The maximum absolute atomic E-state index is 11.9. The van der Waals surface area contributed by atoms with Crippen molar-refractivity contribution < 1.29 is 19.4 Å². The zero-order chi connectivity index (χ0) is 36.5. The number of esters is 1. The Morgan fingerprint density at radius 3 is 1.46 bits per heavy atom. The van der Waals surface area contributed by atoms with Gasteiger partial charge in [0.1, 0.15) is 24.7 Å².